The number of nitrogens with one attached hydrogen (secondary N) is 2. The number of aryl methyl sites for hydroxylation is 1. The highest BCUT2D eigenvalue weighted by molar-refractivity contribution is 6.36. The summed E-state index contributed by atoms with van der Waals surface area (Å²) in [6.07, 6.45) is -3.50. The van der Waals surface area contributed by atoms with Crippen LogP contribution in [-0.2, 0) is 22.2 Å². The molecule has 1 unspecified atom stereocenters. The van der Waals surface area contributed by atoms with Gasteiger partial charge in [0.25, 0.3) is 0 Å². The van der Waals surface area contributed by atoms with E-state index in [1.165, 1.54) is 6.07 Å². The van der Waals surface area contributed by atoms with Crippen molar-refractivity contribution in [3.8, 4) is 0 Å². The fraction of sp³-hybridized carbons (Fsp3) is 0.385. The zero-order chi connectivity index (χ0) is 15.6. The number of alkyl halides is 3. The molecule has 4 nitrogen and oxygen atoms in total. The minimum absolute atomic E-state index is 0.0380. The smallest absolute Gasteiger partial charge is 0.289 e. The molecular weight excluding hydrogens is 309 g/mol. The van der Waals surface area contributed by atoms with Gasteiger partial charge in [0.1, 0.15) is 0 Å². The lowest BCUT2D eigenvalue weighted by Gasteiger charge is -2.23. The maximum Gasteiger partial charge on any atom is 0.416 e. The van der Waals surface area contributed by atoms with Crippen LogP contribution in [0.1, 0.15) is 24.0 Å². The number of amides is 1. The van der Waals surface area contributed by atoms with E-state index in [-0.39, 0.29) is 17.5 Å². The second-order valence-corrected chi connectivity index (χ2v) is 5.17. The van der Waals surface area contributed by atoms with E-state index in [4.69, 9.17) is 11.6 Å². The van der Waals surface area contributed by atoms with E-state index >= 15 is 0 Å². The Kier molecular flexibility index (Phi) is 4.53. The molecule has 1 aromatic rings. The predicted molar refractivity (Wildman–Crippen MR) is 69.5 cm³/mol. The SMILES string of the molecule is O=C1CC(CCc2ccc(C(F)(F)F)cc2Cl)NNC1=O. The molecule has 1 fully saturated rings. The molecule has 1 aliphatic rings. The summed E-state index contributed by atoms with van der Waals surface area (Å²) < 4.78 is 37.5. The van der Waals surface area contributed by atoms with Crippen LogP contribution in [0.2, 0.25) is 5.02 Å². The molecule has 0 saturated carbocycles. The second-order valence-electron chi connectivity index (χ2n) is 4.77. The van der Waals surface area contributed by atoms with Gasteiger partial charge in [0, 0.05) is 17.5 Å². The number of hydrogen-bond donors (Lipinski definition) is 2. The topological polar surface area (TPSA) is 58.2 Å². The summed E-state index contributed by atoms with van der Waals surface area (Å²) in [4.78, 5) is 22.2. The third kappa shape index (κ3) is 3.95. The molecule has 2 rings (SSSR count). The van der Waals surface area contributed by atoms with Crippen molar-refractivity contribution in [1.82, 2.24) is 10.9 Å². The largest absolute Gasteiger partial charge is 0.416 e. The number of rotatable bonds is 3. The van der Waals surface area contributed by atoms with Crippen LogP contribution in [0.15, 0.2) is 18.2 Å². The number of benzene rings is 1. The summed E-state index contributed by atoms with van der Waals surface area (Å²) in [5, 5.41) is 0.0380. The molecule has 1 heterocycles. The van der Waals surface area contributed by atoms with Gasteiger partial charge in [0.2, 0.25) is 5.78 Å². The molecule has 0 radical (unpaired) electrons. The zero-order valence-electron chi connectivity index (χ0n) is 10.8. The Morgan fingerprint density at radius 2 is 2.00 bits per heavy atom. The van der Waals surface area contributed by atoms with Crippen LogP contribution in [0.25, 0.3) is 0 Å². The molecule has 1 amide bonds. The average molecular weight is 321 g/mol. The molecule has 0 aliphatic carbocycles. The van der Waals surface area contributed by atoms with Crippen molar-refractivity contribution in [2.75, 3.05) is 0 Å². The first-order chi connectivity index (χ1) is 9.77. The zero-order valence-corrected chi connectivity index (χ0v) is 11.5. The molecule has 1 aromatic carbocycles. The molecule has 8 heteroatoms. The van der Waals surface area contributed by atoms with E-state index in [1.54, 1.807) is 0 Å². The molecule has 1 saturated heterocycles. The van der Waals surface area contributed by atoms with Crippen LogP contribution in [0.5, 0.6) is 0 Å². The Balaban J connectivity index is 1.98. The maximum atomic E-state index is 12.5. The number of ketones is 1. The van der Waals surface area contributed by atoms with Gasteiger partial charge < -0.3 is 0 Å². The lowest BCUT2D eigenvalue weighted by molar-refractivity contribution is -0.141. The minimum atomic E-state index is -4.43. The molecule has 0 aromatic heterocycles. The van der Waals surface area contributed by atoms with E-state index in [0.717, 1.165) is 12.1 Å². The van der Waals surface area contributed by atoms with Gasteiger partial charge in [-0.15, -0.1) is 0 Å². The van der Waals surface area contributed by atoms with Crippen molar-refractivity contribution >= 4 is 23.3 Å². The molecule has 0 spiro atoms. The fourth-order valence-corrected chi connectivity index (χ4v) is 2.31. The summed E-state index contributed by atoms with van der Waals surface area (Å²) in [5.74, 6) is -1.20. The lowest BCUT2D eigenvalue weighted by Crippen LogP contribution is -2.53. The second kappa shape index (κ2) is 6.03. The van der Waals surface area contributed by atoms with Gasteiger partial charge in [-0.05, 0) is 30.5 Å². The van der Waals surface area contributed by atoms with E-state index in [1.807, 2.05) is 0 Å². The van der Waals surface area contributed by atoms with Gasteiger partial charge in [-0.25, -0.2) is 5.43 Å². The molecule has 1 atom stereocenters. The fourth-order valence-electron chi connectivity index (χ4n) is 2.04. The number of Topliss-reactive ketones (excluding diaryl/α,β-unsaturated/α-hetero) is 1. The third-order valence-electron chi connectivity index (χ3n) is 3.22. The van der Waals surface area contributed by atoms with E-state index in [2.05, 4.69) is 10.9 Å². The molecule has 2 N–H and O–H groups in total. The molecule has 21 heavy (non-hydrogen) atoms. The number of halogens is 4. The van der Waals surface area contributed by atoms with Crippen molar-refractivity contribution in [3.05, 3.63) is 34.3 Å². The van der Waals surface area contributed by atoms with Crippen LogP contribution in [0.3, 0.4) is 0 Å². The summed E-state index contributed by atoms with van der Waals surface area (Å²) in [6.45, 7) is 0. The number of carbonyl (C=O) groups is 2. The van der Waals surface area contributed by atoms with Crippen LogP contribution < -0.4 is 10.9 Å². The highest BCUT2D eigenvalue weighted by Gasteiger charge is 2.31. The molecule has 114 valence electrons. The summed E-state index contributed by atoms with van der Waals surface area (Å²) in [7, 11) is 0. The van der Waals surface area contributed by atoms with E-state index < -0.39 is 23.4 Å². The molecular formula is C13H12ClF3N2O2. The standard InChI is InChI=1S/C13H12ClF3N2O2/c14-10-5-8(13(15,16)17)3-1-7(10)2-4-9-6-11(20)12(21)19-18-9/h1,3,5,9,18H,2,4,6H2,(H,19,21). The lowest BCUT2D eigenvalue weighted by atomic mass is 9.99. The quantitative estimate of drug-likeness (QED) is 0.840. The van der Waals surface area contributed by atoms with Crippen LogP contribution in [-0.4, -0.2) is 17.7 Å². The van der Waals surface area contributed by atoms with Crippen molar-refractivity contribution in [2.24, 2.45) is 0 Å². The third-order valence-corrected chi connectivity index (χ3v) is 3.57. The first-order valence-corrected chi connectivity index (χ1v) is 6.59. The monoisotopic (exact) mass is 320 g/mol. The van der Waals surface area contributed by atoms with Gasteiger partial charge in [0.05, 0.1) is 5.56 Å². The highest BCUT2D eigenvalue weighted by Crippen LogP contribution is 2.32. The highest BCUT2D eigenvalue weighted by atomic mass is 35.5. The average Bonchev–Trinajstić information content (AvgIpc) is 2.40. The van der Waals surface area contributed by atoms with Gasteiger partial charge in [0.15, 0.2) is 0 Å². The predicted octanol–water partition coefficient (Wildman–Crippen LogP) is 2.25. The Labute approximate surface area is 123 Å². The summed E-state index contributed by atoms with van der Waals surface area (Å²) in [5.41, 5.74) is 4.69. The van der Waals surface area contributed by atoms with Crippen molar-refractivity contribution in [3.63, 3.8) is 0 Å². The maximum absolute atomic E-state index is 12.5. The van der Waals surface area contributed by atoms with Gasteiger partial charge in [-0.3, -0.25) is 15.0 Å². The van der Waals surface area contributed by atoms with Crippen molar-refractivity contribution in [1.29, 1.82) is 0 Å². The molecule has 0 bridgehead atoms. The van der Waals surface area contributed by atoms with Gasteiger partial charge in [-0.1, -0.05) is 17.7 Å². The Morgan fingerprint density at radius 3 is 2.57 bits per heavy atom. The van der Waals surface area contributed by atoms with Crippen LogP contribution in [0, 0.1) is 0 Å². The Hall–Kier alpha value is -1.60. The number of carbonyl (C=O) groups excluding carboxylic acids is 2. The van der Waals surface area contributed by atoms with Crippen LogP contribution in [0.4, 0.5) is 13.2 Å². The normalized spacial score (nSPS) is 19.5. The summed E-state index contributed by atoms with van der Waals surface area (Å²) in [6, 6.07) is 2.93. The number of hydrazine groups is 1. The van der Waals surface area contributed by atoms with Gasteiger partial charge >= 0.3 is 12.1 Å². The summed E-state index contributed by atoms with van der Waals surface area (Å²) >= 11 is 5.85. The Bertz CT molecular complexity index is 575. The van der Waals surface area contributed by atoms with Crippen molar-refractivity contribution < 1.29 is 22.8 Å². The Morgan fingerprint density at radius 1 is 1.29 bits per heavy atom. The molecule has 1 aliphatic heterocycles. The minimum Gasteiger partial charge on any atom is -0.289 e. The number of hydrogen-bond acceptors (Lipinski definition) is 3. The first kappa shape index (κ1) is 15.8. The van der Waals surface area contributed by atoms with Gasteiger partial charge in [-0.2, -0.15) is 13.2 Å². The van der Waals surface area contributed by atoms with E-state index in [9.17, 15) is 22.8 Å². The van der Waals surface area contributed by atoms with Crippen LogP contribution >= 0.6 is 11.6 Å². The van der Waals surface area contributed by atoms with Crippen molar-refractivity contribution in [2.45, 2.75) is 31.5 Å². The first-order valence-electron chi connectivity index (χ1n) is 6.21. The van der Waals surface area contributed by atoms with E-state index in [0.29, 0.717) is 18.4 Å².